The predicted molar refractivity (Wildman–Crippen MR) is 75.7 cm³/mol. The molecule has 2 heterocycles. The number of amides is 1. The van der Waals surface area contributed by atoms with Crippen molar-refractivity contribution in [3.63, 3.8) is 0 Å². The van der Waals surface area contributed by atoms with Crippen LogP contribution >= 0.6 is 0 Å². The van der Waals surface area contributed by atoms with Crippen LogP contribution in [0.15, 0.2) is 0 Å². The zero-order valence-corrected chi connectivity index (χ0v) is 12.1. The third-order valence-corrected chi connectivity index (χ3v) is 5.63. The van der Waals surface area contributed by atoms with Crippen LogP contribution in [0, 0.1) is 5.41 Å². The molecule has 3 unspecified atom stereocenters. The lowest BCUT2D eigenvalue weighted by Crippen LogP contribution is -2.49. The molecule has 3 atom stereocenters. The van der Waals surface area contributed by atoms with Gasteiger partial charge in [-0.15, -0.1) is 0 Å². The third-order valence-electron chi connectivity index (χ3n) is 5.63. The number of likely N-dealkylation sites (tertiary alicyclic amines) is 2. The molecule has 1 amide bonds. The van der Waals surface area contributed by atoms with E-state index in [1.54, 1.807) is 0 Å². The zero-order valence-electron chi connectivity index (χ0n) is 12.1. The normalized spacial score (nSPS) is 40.2. The Morgan fingerprint density at radius 2 is 1.89 bits per heavy atom. The van der Waals surface area contributed by atoms with Gasteiger partial charge >= 0.3 is 0 Å². The minimum absolute atomic E-state index is 0.0610. The van der Waals surface area contributed by atoms with E-state index >= 15 is 0 Å². The molecule has 3 aliphatic rings. The van der Waals surface area contributed by atoms with Gasteiger partial charge in [0, 0.05) is 25.2 Å². The van der Waals surface area contributed by atoms with Crippen molar-refractivity contribution in [2.75, 3.05) is 26.2 Å². The number of carbonyl (C=O) groups is 1. The first kappa shape index (κ1) is 13.4. The summed E-state index contributed by atoms with van der Waals surface area (Å²) in [5, 5.41) is 0. The number of carbonyl (C=O) groups excluding carboxylic acids is 1. The van der Waals surface area contributed by atoms with Crippen molar-refractivity contribution >= 4 is 5.91 Å². The largest absolute Gasteiger partial charge is 0.341 e. The van der Waals surface area contributed by atoms with E-state index < -0.39 is 0 Å². The summed E-state index contributed by atoms with van der Waals surface area (Å²) in [6, 6.07) is 0.665. The van der Waals surface area contributed by atoms with Gasteiger partial charge in [-0.1, -0.05) is 6.42 Å². The maximum absolute atomic E-state index is 12.8. The fraction of sp³-hybridized carbons (Fsp3) is 0.933. The van der Waals surface area contributed by atoms with E-state index in [-0.39, 0.29) is 11.5 Å². The van der Waals surface area contributed by atoms with Gasteiger partial charge in [-0.2, -0.15) is 0 Å². The van der Waals surface area contributed by atoms with E-state index in [0.717, 1.165) is 38.8 Å². The fourth-order valence-electron chi connectivity index (χ4n) is 4.15. The Morgan fingerprint density at radius 1 is 1.16 bits per heavy atom. The molecule has 2 saturated heterocycles. The maximum Gasteiger partial charge on any atom is 0.230 e. The van der Waals surface area contributed by atoms with Crippen LogP contribution < -0.4 is 5.73 Å². The van der Waals surface area contributed by atoms with Crippen LogP contribution in [0.3, 0.4) is 0 Å². The second kappa shape index (κ2) is 5.06. The summed E-state index contributed by atoms with van der Waals surface area (Å²) >= 11 is 0. The molecule has 1 saturated carbocycles. The minimum atomic E-state index is -0.292. The van der Waals surface area contributed by atoms with Gasteiger partial charge in [0.1, 0.15) is 0 Å². The van der Waals surface area contributed by atoms with E-state index in [0.29, 0.717) is 11.9 Å². The molecule has 3 fully saturated rings. The molecule has 2 aliphatic heterocycles. The predicted octanol–water partition coefficient (Wildman–Crippen LogP) is 1.20. The van der Waals surface area contributed by atoms with Gasteiger partial charge in [0.05, 0.1) is 5.41 Å². The van der Waals surface area contributed by atoms with E-state index in [1.165, 1.54) is 25.9 Å². The lowest BCUT2D eigenvalue weighted by molar-refractivity contribution is -0.140. The molecule has 4 nitrogen and oxygen atoms in total. The molecule has 0 aromatic carbocycles. The molecule has 0 spiro atoms. The molecule has 19 heavy (non-hydrogen) atoms. The Balaban J connectivity index is 1.62. The third kappa shape index (κ3) is 2.29. The van der Waals surface area contributed by atoms with Gasteiger partial charge in [-0.05, 0) is 52.1 Å². The van der Waals surface area contributed by atoms with Crippen molar-refractivity contribution in [3.05, 3.63) is 0 Å². The molecule has 1 aliphatic carbocycles. The van der Waals surface area contributed by atoms with Gasteiger partial charge < -0.3 is 10.6 Å². The monoisotopic (exact) mass is 265 g/mol. The molecular formula is C15H27N3O. The zero-order chi connectivity index (χ0) is 13.5. The SMILES string of the molecule is CC1(C(=O)N2CCC(N3CCCC3)C2)CCCC1N. The smallest absolute Gasteiger partial charge is 0.230 e. The van der Waals surface area contributed by atoms with Gasteiger partial charge in [0.15, 0.2) is 0 Å². The van der Waals surface area contributed by atoms with Crippen LogP contribution in [0.5, 0.6) is 0 Å². The van der Waals surface area contributed by atoms with Crippen molar-refractivity contribution in [2.24, 2.45) is 11.1 Å². The topological polar surface area (TPSA) is 49.6 Å². The first-order valence-electron chi connectivity index (χ1n) is 7.90. The number of nitrogens with zero attached hydrogens (tertiary/aromatic N) is 2. The van der Waals surface area contributed by atoms with Crippen molar-refractivity contribution in [3.8, 4) is 0 Å². The molecule has 0 aromatic heterocycles. The van der Waals surface area contributed by atoms with Crippen molar-refractivity contribution < 1.29 is 4.79 Å². The van der Waals surface area contributed by atoms with Crippen LogP contribution in [0.1, 0.15) is 45.4 Å². The molecule has 108 valence electrons. The molecule has 0 radical (unpaired) electrons. The summed E-state index contributed by atoms with van der Waals surface area (Å²) in [5.41, 5.74) is 5.89. The Hall–Kier alpha value is -0.610. The minimum Gasteiger partial charge on any atom is -0.341 e. The molecule has 0 aromatic rings. The Bertz CT molecular complexity index is 353. The standard InChI is InChI=1S/C15H27N3O/c1-15(7-4-5-13(15)16)14(19)18-10-6-12(11-18)17-8-2-3-9-17/h12-13H,2-11,16H2,1H3. The van der Waals surface area contributed by atoms with E-state index in [2.05, 4.69) is 16.7 Å². The van der Waals surface area contributed by atoms with Crippen molar-refractivity contribution in [1.29, 1.82) is 0 Å². The van der Waals surface area contributed by atoms with Gasteiger partial charge in [-0.3, -0.25) is 9.69 Å². The van der Waals surface area contributed by atoms with Gasteiger partial charge in [-0.25, -0.2) is 0 Å². The van der Waals surface area contributed by atoms with E-state index in [9.17, 15) is 4.79 Å². The lowest BCUT2D eigenvalue weighted by atomic mass is 9.83. The average molecular weight is 265 g/mol. The highest BCUT2D eigenvalue weighted by Crippen LogP contribution is 2.39. The number of hydrogen-bond donors (Lipinski definition) is 1. The first-order valence-corrected chi connectivity index (χ1v) is 7.90. The molecule has 4 heteroatoms. The van der Waals surface area contributed by atoms with Gasteiger partial charge in [0.25, 0.3) is 0 Å². The Kier molecular flexibility index (Phi) is 3.56. The molecule has 0 bridgehead atoms. The maximum atomic E-state index is 12.8. The fourth-order valence-corrected chi connectivity index (χ4v) is 4.15. The highest BCUT2D eigenvalue weighted by molar-refractivity contribution is 5.83. The lowest BCUT2D eigenvalue weighted by Gasteiger charge is -2.33. The van der Waals surface area contributed by atoms with Gasteiger partial charge in [0.2, 0.25) is 5.91 Å². The number of nitrogens with two attached hydrogens (primary N) is 1. The summed E-state index contributed by atoms with van der Waals surface area (Å²) in [4.78, 5) is 17.4. The molecular weight excluding hydrogens is 238 g/mol. The Labute approximate surface area is 116 Å². The first-order chi connectivity index (χ1) is 9.11. The average Bonchev–Trinajstić information content (AvgIpc) is 3.10. The summed E-state index contributed by atoms with van der Waals surface area (Å²) in [7, 11) is 0. The summed E-state index contributed by atoms with van der Waals surface area (Å²) in [6.07, 6.45) is 6.88. The summed E-state index contributed by atoms with van der Waals surface area (Å²) < 4.78 is 0. The van der Waals surface area contributed by atoms with Crippen LogP contribution in [-0.4, -0.2) is 54.0 Å². The Morgan fingerprint density at radius 3 is 2.53 bits per heavy atom. The number of hydrogen-bond acceptors (Lipinski definition) is 3. The van der Waals surface area contributed by atoms with Crippen molar-refractivity contribution in [1.82, 2.24) is 9.80 Å². The molecule has 2 N–H and O–H groups in total. The highest BCUT2D eigenvalue weighted by Gasteiger charge is 2.46. The van der Waals surface area contributed by atoms with Crippen LogP contribution in [0.25, 0.3) is 0 Å². The highest BCUT2D eigenvalue weighted by atomic mass is 16.2. The summed E-state index contributed by atoms with van der Waals surface area (Å²) in [5.74, 6) is 0.319. The van der Waals surface area contributed by atoms with E-state index in [4.69, 9.17) is 5.73 Å². The molecule has 3 rings (SSSR count). The second-order valence-electron chi connectivity index (χ2n) is 6.85. The number of rotatable bonds is 2. The van der Waals surface area contributed by atoms with Crippen LogP contribution in [-0.2, 0) is 4.79 Å². The summed E-state index contributed by atoms with van der Waals surface area (Å²) in [6.45, 7) is 6.40. The van der Waals surface area contributed by atoms with Crippen LogP contribution in [0.2, 0.25) is 0 Å². The van der Waals surface area contributed by atoms with E-state index in [1.807, 2.05) is 0 Å². The quantitative estimate of drug-likeness (QED) is 0.816. The van der Waals surface area contributed by atoms with Crippen LogP contribution in [0.4, 0.5) is 0 Å². The van der Waals surface area contributed by atoms with Crippen molar-refractivity contribution in [2.45, 2.75) is 57.5 Å². The second-order valence-corrected chi connectivity index (χ2v) is 6.85.